The van der Waals surface area contributed by atoms with E-state index in [9.17, 15) is 4.79 Å². The van der Waals surface area contributed by atoms with Gasteiger partial charge < -0.3 is 15.0 Å². The highest BCUT2D eigenvalue weighted by Gasteiger charge is 2.14. The highest BCUT2D eigenvalue weighted by molar-refractivity contribution is 5.97. The van der Waals surface area contributed by atoms with E-state index in [1.165, 1.54) is 5.56 Å². The molecule has 0 spiro atoms. The third kappa shape index (κ3) is 3.85. The normalized spacial score (nSPS) is 11.1. The maximum atomic E-state index is 12.6. The van der Waals surface area contributed by atoms with Crippen LogP contribution in [-0.2, 0) is 11.2 Å². The molecule has 0 bridgehead atoms. The average molecular weight is 336 g/mol. The summed E-state index contributed by atoms with van der Waals surface area (Å²) in [5.74, 6) is 0.641. The highest BCUT2D eigenvalue weighted by Crippen LogP contribution is 2.27. The lowest BCUT2D eigenvalue weighted by atomic mass is 10.1. The van der Waals surface area contributed by atoms with Gasteiger partial charge in [0.2, 0.25) is 5.91 Å². The third-order valence-electron chi connectivity index (χ3n) is 4.14. The van der Waals surface area contributed by atoms with Gasteiger partial charge in [-0.15, -0.1) is 0 Å². The Kier molecular flexibility index (Phi) is 4.79. The van der Waals surface area contributed by atoms with E-state index < -0.39 is 0 Å². The van der Waals surface area contributed by atoms with Crippen LogP contribution in [0.4, 0.5) is 5.69 Å². The van der Waals surface area contributed by atoms with Crippen molar-refractivity contribution in [3.05, 3.63) is 59.3 Å². The maximum absolute atomic E-state index is 12.6. The molecule has 3 rings (SSSR count). The Morgan fingerprint density at radius 3 is 2.68 bits per heavy atom. The summed E-state index contributed by atoms with van der Waals surface area (Å²) in [6.45, 7) is 8.01. The predicted molar refractivity (Wildman–Crippen MR) is 102 cm³/mol. The Morgan fingerprint density at radius 1 is 1.16 bits per heavy atom. The first kappa shape index (κ1) is 17.1. The number of amides is 1. The van der Waals surface area contributed by atoms with E-state index in [-0.39, 0.29) is 12.0 Å². The number of fused-ring (bicyclic) bond motifs is 1. The van der Waals surface area contributed by atoms with E-state index in [4.69, 9.17) is 4.74 Å². The summed E-state index contributed by atoms with van der Waals surface area (Å²) in [5.41, 5.74) is 5.02. The number of carbonyl (C=O) groups excluding carboxylic acids is 1. The molecule has 0 fully saturated rings. The van der Waals surface area contributed by atoms with Gasteiger partial charge in [0.05, 0.1) is 18.2 Å². The van der Waals surface area contributed by atoms with Crippen molar-refractivity contribution in [1.82, 2.24) is 4.98 Å². The first-order valence-electron chi connectivity index (χ1n) is 8.57. The zero-order chi connectivity index (χ0) is 18.0. The molecule has 0 atom stereocenters. The van der Waals surface area contributed by atoms with Gasteiger partial charge in [-0.25, -0.2) is 0 Å². The van der Waals surface area contributed by atoms with Crippen molar-refractivity contribution >= 4 is 22.5 Å². The number of benzene rings is 2. The fourth-order valence-electron chi connectivity index (χ4n) is 3.01. The summed E-state index contributed by atoms with van der Waals surface area (Å²) >= 11 is 0. The largest absolute Gasteiger partial charge is 0.489 e. The van der Waals surface area contributed by atoms with Gasteiger partial charge in [-0.2, -0.15) is 0 Å². The minimum Gasteiger partial charge on any atom is -0.489 e. The second-order valence-electron chi connectivity index (χ2n) is 6.67. The van der Waals surface area contributed by atoms with Crippen LogP contribution in [-0.4, -0.2) is 17.0 Å². The SMILES string of the molecule is Cc1ccc2[nH]c(C)c(CC(=O)Nc3ccccc3OC(C)C)c2c1. The molecule has 2 aromatic carbocycles. The van der Waals surface area contributed by atoms with Crippen LogP contribution in [0.3, 0.4) is 0 Å². The zero-order valence-corrected chi connectivity index (χ0v) is 15.1. The van der Waals surface area contributed by atoms with Crippen molar-refractivity contribution in [2.45, 2.75) is 40.2 Å². The number of nitrogens with one attached hydrogen (secondary N) is 2. The number of aromatic amines is 1. The van der Waals surface area contributed by atoms with E-state index in [2.05, 4.69) is 35.4 Å². The van der Waals surface area contributed by atoms with E-state index in [0.717, 1.165) is 22.2 Å². The van der Waals surface area contributed by atoms with Crippen molar-refractivity contribution in [3.63, 3.8) is 0 Å². The molecule has 0 aliphatic heterocycles. The number of rotatable bonds is 5. The molecule has 1 heterocycles. The molecule has 2 N–H and O–H groups in total. The molecule has 25 heavy (non-hydrogen) atoms. The van der Waals surface area contributed by atoms with Crippen molar-refractivity contribution < 1.29 is 9.53 Å². The van der Waals surface area contributed by atoms with Gasteiger partial charge in [0.25, 0.3) is 0 Å². The van der Waals surface area contributed by atoms with Crippen LogP contribution < -0.4 is 10.1 Å². The molecule has 130 valence electrons. The van der Waals surface area contributed by atoms with Gasteiger partial charge in [-0.05, 0) is 57.5 Å². The lowest BCUT2D eigenvalue weighted by Crippen LogP contribution is -2.16. The minimum absolute atomic E-state index is 0.0506. The summed E-state index contributed by atoms with van der Waals surface area (Å²) in [6, 6.07) is 13.8. The summed E-state index contributed by atoms with van der Waals surface area (Å²) in [4.78, 5) is 16.0. The lowest BCUT2D eigenvalue weighted by Gasteiger charge is -2.14. The van der Waals surface area contributed by atoms with E-state index in [0.29, 0.717) is 17.9 Å². The van der Waals surface area contributed by atoms with Crippen molar-refractivity contribution in [3.8, 4) is 5.75 Å². The standard InChI is InChI=1S/C21H24N2O2/c1-13(2)25-20-8-6-5-7-19(20)23-21(24)12-16-15(4)22-18-10-9-14(3)11-17(16)18/h5-11,13,22H,12H2,1-4H3,(H,23,24). The van der Waals surface area contributed by atoms with Gasteiger partial charge in [-0.1, -0.05) is 23.8 Å². The Bertz CT molecular complexity index is 909. The first-order chi connectivity index (χ1) is 11.9. The Labute approximate surface area is 148 Å². The van der Waals surface area contributed by atoms with Gasteiger partial charge in [-0.3, -0.25) is 4.79 Å². The summed E-state index contributed by atoms with van der Waals surface area (Å²) in [7, 11) is 0. The number of aromatic nitrogens is 1. The molecule has 4 nitrogen and oxygen atoms in total. The Hall–Kier alpha value is -2.75. The van der Waals surface area contributed by atoms with Crippen molar-refractivity contribution in [1.29, 1.82) is 0 Å². The number of hydrogen-bond donors (Lipinski definition) is 2. The Balaban J connectivity index is 1.82. The van der Waals surface area contributed by atoms with Crippen LogP contribution in [0.2, 0.25) is 0 Å². The number of hydrogen-bond acceptors (Lipinski definition) is 2. The molecule has 0 radical (unpaired) electrons. The zero-order valence-electron chi connectivity index (χ0n) is 15.1. The van der Waals surface area contributed by atoms with Crippen LogP contribution >= 0.6 is 0 Å². The molecule has 1 aromatic heterocycles. The fourth-order valence-corrected chi connectivity index (χ4v) is 3.01. The van der Waals surface area contributed by atoms with Crippen LogP contribution in [0.1, 0.15) is 30.7 Å². The lowest BCUT2D eigenvalue weighted by molar-refractivity contribution is -0.115. The van der Waals surface area contributed by atoms with Crippen molar-refractivity contribution in [2.24, 2.45) is 0 Å². The fraction of sp³-hybridized carbons (Fsp3) is 0.286. The molecule has 0 saturated carbocycles. The summed E-state index contributed by atoms with van der Waals surface area (Å²) in [6.07, 6.45) is 0.377. The predicted octanol–water partition coefficient (Wildman–Crippen LogP) is 4.75. The monoisotopic (exact) mass is 336 g/mol. The van der Waals surface area contributed by atoms with Crippen LogP contribution in [0.5, 0.6) is 5.75 Å². The smallest absolute Gasteiger partial charge is 0.228 e. The average Bonchev–Trinajstić information content (AvgIpc) is 2.84. The van der Waals surface area contributed by atoms with Gasteiger partial charge >= 0.3 is 0 Å². The minimum atomic E-state index is -0.0506. The number of carbonyl (C=O) groups is 1. The van der Waals surface area contributed by atoms with Crippen LogP contribution in [0.15, 0.2) is 42.5 Å². The van der Waals surface area contributed by atoms with E-state index in [1.807, 2.05) is 45.0 Å². The quantitative estimate of drug-likeness (QED) is 0.706. The number of aryl methyl sites for hydroxylation is 2. The molecule has 0 saturated heterocycles. The van der Waals surface area contributed by atoms with Crippen LogP contribution in [0, 0.1) is 13.8 Å². The van der Waals surface area contributed by atoms with Crippen LogP contribution in [0.25, 0.3) is 10.9 Å². The van der Waals surface area contributed by atoms with E-state index >= 15 is 0 Å². The third-order valence-corrected chi connectivity index (χ3v) is 4.14. The summed E-state index contributed by atoms with van der Waals surface area (Å²) in [5, 5.41) is 4.09. The second kappa shape index (κ2) is 7.01. The number of H-pyrrole nitrogens is 1. The molecular formula is C21H24N2O2. The highest BCUT2D eigenvalue weighted by atomic mass is 16.5. The molecule has 0 unspecified atom stereocenters. The molecule has 0 aliphatic carbocycles. The second-order valence-corrected chi connectivity index (χ2v) is 6.67. The number of anilines is 1. The Morgan fingerprint density at radius 2 is 1.92 bits per heavy atom. The molecule has 0 aliphatic rings. The van der Waals surface area contributed by atoms with E-state index in [1.54, 1.807) is 0 Å². The first-order valence-corrected chi connectivity index (χ1v) is 8.57. The van der Waals surface area contributed by atoms with Gasteiger partial charge in [0, 0.05) is 16.6 Å². The number of ether oxygens (including phenoxy) is 1. The number of para-hydroxylation sites is 2. The molecular weight excluding hydrogens is 312 g/mol. The van der Waals surface area contributed by atoms with Gasteiger partial charge in [0.15, 0.2) is 0 Å². The maximum Gasteiger partial charge on any atom is 0.228 e. The van der Waals surface area contributed by atoms with Gasteiger partial charge in [0.1, 0.15) is 5.75 Å². The topological polar surface area (TPSA) is 54.1 Å². The van der Waals surface area contributed by atoms with Crippen molar-refractivity contribution in [2.75, 3.05) is 5.32 Å². The summed E-state index contributed by atoms with van der Waals surface area (Å²) < 4.78 is 5.77. The molecule has 1 amide bonds. The molecule has 4 heteroatoms. The molecule has 3 aromatic rings.